The van der Waals surface area contributed by atoms with Crippen molar-refractivity contribution in [1.82, 2.24) is 5.32 Å². The quantitative estimate of drug-likeness (QED) is 0.923. The van der Waals surface area contributed by atoms with Gasteiger partial charge in [0.15, 0.2) is 5.78 Å². The van der Waals surface area contributed by atoms with Crippen LogP contribution in [0.1, 0.15) is 30.6 Å². The summed E-state index contributed by atoms with van der Waals surface area (Å²) in [5.74, 6) is -0.206. The number of carbonyl (C=O) groups is 2. The molecule has 0 aliphatic rings. The topological polar surface area (TPSA) is 46.2 Å². The van der Waals surface area contributed by atoms with Gasteiger partial charge in [-0.2, -0.15) is 0 Å². The van der Waals surface area contributed by atoms with Gasteiger partial charge in [0, 0.05) is 10.9 Å². The van der Waals surface area contributed by atoms with Crippen LogP contribution in [-0.4, -0.2) is 17.7 Å². The second-order valence-corrected chi connectivity index (χ2v) is 4.35. The number of halogens is 1. The van der Waals surface area contributed by atoms with Crippen LogP contribution in [0.2, 0.25) is 0 Å². The molecule has 4 heteroatoms. The Morgan fingerprint density at radius 2 is 2.00 bits per heavy atom. The first-order valence-electron chi connectivity index (χ1n) is 5.14. The molecule has 1 N–H and O–H groups in total. The lowest BCUT2D eigenvalue weighted by Crippen LogP contribution is -2.38. The van der Waals surface area contributed by atoms with Gasteiger partial charge in [0.1, 0.15) is 0 Å². The fraction of sp³-hybridized carbons (Fsp3) is 0.333. The standard InChI is InChI=1S/C12H14BrNO2/c1-3-11(15)8(2)14-12(16)9-6-4-5-7-10(9)13/h4-8H,3H2,1-2H3,(H,14,16). The number of rotatable bonds is 4. The van der Waals surface area contributed by atoms with Crippen molar-refractivity contribution in [3.8, 4) is 0 Å². The van der Waals surface area contributed by atoms with Crippen molar-refractivity contribution in [3.63, 3.8) is 0 Å². The zero-order valence-electron chi connectivity index (χ0n) is 9.29. The predicted molar refractivity (Wildman–Crippen MR) is 66.4 cm³/mol. The van der Waals surface area contributed by atoms with Gasteiger partial charge in [-0.05, 0) is 35.0 Å². The van der Waals surface area contributed by atoms with Crippen LogP contribution in [0.15, 0.2) is 28.7 Å². The average Bonchev–Trinajstić information content (AvgIpc) is 2.28. The van der Waals surface area contributed by atoms with Crippen LogP contribution < -0.4 is 5.32 Å². The molecular weight excluding hydrogens is 270 g/mol. The summed E-state index contributed by atoms with van der Waals surface area (Å²) in [5.41, 5.74) is 0.540. The van der Waals surface area contributed by atoms with Gasteiger partial charge in [-0.3, -0.25) is 9.59 Å². The third-order valence-corrected chi connectivity index (χ3v) is 2.99. The monoisotopic (exact) mass is 283 g/mol. The minimum absolute atomic E-state index is 0.0282. The van der Waals surface area contributed by atoms with Crippen LogP contribution >= 0.6 is 15.9 Å². The Hall–Kier alpha value is -1.16. The van der Waals surface area contributed by atoms with E-state index in [4.69, 9.17) is 0 Å². The first kappa shape index (κ1) is 12.9. The van der Waals surface area contributed by atoms with Crippen LogP contribution in [0.3, 0.4) is 0 Å². The van der Waals surface area contributed by atoms with E-state index in [1.54, 1.807) is 32.0 Å². The van der Waals surface area contributed by atoms with Crippen LogP contribution in [-0.2, 0) is 4.79 Å². The Balaban J connectivity index is 2.73. The highest BCUT2D eigenvalue weighted by molar-refractivity contribution is 9.10. The second kappa shape index (κ2) is 5.80. The van der Waals surface area contributed by atoms with Crippen LogP contribution in [0, 0.1) is 0 Å². The van der Waals surface area contributed by atoms with E-state index in [0.29, 0.717) is 12.0 Å². The largest absolute Gasteiger partial charge is 0.342 e. The van der Waals surface area contributed by atoms with Crippen LogP contribution in [0.25, 0.3) is 0 Å². The average molecular weight is 284 g/mol. The van der Waals surface area contributed by atoms with E-state index in [1.165, 1.54) is 0 Å². The highest BCUT2D eigenvalue weighted by Crippen LogP contribution is 2.15. The molecule has 0 heterocycles. The van der Waals surface area contributed by atoms with Crippen molar-refractivity contribution >= 4 is 27.6 Å². The second-order valence-electron chi connectivity index (χ2n) is 3.49. The van der Waals surface area contributed by atoms with E-state index >= 15 is 0 Å². The lowest BCUT2D eigenvalue weighted by molar-refractivity contribution is -0.120. The lowest BCUT2D eigenvalue weighted by Gasteiger charge is -2.12. The minimum Gasteiger partial charge on any atom is -0.342 e. The third kappa shape index (κ3) is 3.17. The van der Waals surface area contributed by atoms with E-state index in [-0.39, 0.29) is 11.7 Å². The summed E-state index contributed by atoms with van der Waals surface area (Å²) in [4.78, 5) is 23.1. The van der Waals surface area contributed by atoms with Crippen molar-refractivity contribution in [2.75, 3.05) is 0 Å². The zero-order valence-corrected chi connectivity index (χ0v) is 10.9. The molecule has 0 fully saturated rings. The molecule has 1 rings (SSSR count). The van der Waals surface area contributed by atoms with Gasteiger partial charge < -0.3 is 5.32 Å². The maximum absolute atomic E-state index is 11.8. The molecule has 0 aliphatic heterocycles. The molecule has 1 atom stereocenters. The first-order valence-corrected chi connectivity index (χ1v) is 5.93. The predicted octanol–water partition coefficient (Wildman–Crippen LogP) is 2.55. The molecule has 0 bridgehead atoms. The minimum atomic E-state index is -0.440. The Kier molecular flexibility index (Phi) is 4.68. The highest BCUT2D eigenvalue weighted by atomic mass is 79.9. The molecule has 0 aromatic heterocycles. The molecule has 1 unspecified atom stereocenters. The summed E-state index contributed by atoms with van der Waals surface area (Å²) in [7, 11) is 0. The van der Waals surface area contributed by atoms with Crippen molar-refractivity contribution in [2.45, 2.75) is 26.3 Å². The van der Waals surface area contributed by atoms with Crippen molar-refractivity contribution in [2.24, 2.45) is 0 Å². The fourth-order valence-corrected chi connectivity index (χ4v) is 1.77. The van der Waals surface area contributed by atoms with Crippen molar-refractivity contribution in [1.29, 1.82) is 0 Å². The molecule has 1 aromatic carbocycles. The number of ketones is 1. The number of hydrogen-bond acceptors (Lipinski definition) is 2. The van der Waals surface area contributed by atoms with E-state index < -0.39 is 6.04 Å². The number of nitrogens with one attached hydrogen (secondary N) is 1. The SMILES string of the molecule is CCC(=O)C(C)NC(=O)c1ccccc1Br. The van der Waals surface area contributed by atoms with Gasteiger partial charge in [0.2, 0.25) is 0 Å². The molecule has 0 aliphatic carbocycles. The smallest absolute Gasteiger partial charge is 0.252 e. The number of carbonyl (C=O) groups excluding carboxylic acids is 2. The van der Waals surface area contributed by atoms with Crippen LogP contribution in [0.5, 0.6) is 0 Å². The number of Topliss-reactive ketones (excluding diaryl/α,β-unsaturated/α-hetero) is 1. The van der Waals surface area contributed by atoms with Gasteiger partial charge in [0.05, 0.1) is 11.6 Å². The molecule has 86 valence electrons. The van der Waals surface area contributed by atoms with Crippen molar-refractivity contribution in [3.05, 3.63) is 34.3 Å². The maximum atomic E-state index is 11.8. The van der Waals surface area contributed by atoms with Crippen LogP contribution in [0.4, 0.5) is 0 Å². The Morgan fingerprint density at radius 1 is 1.38 bits per heavy atom. The highest BCUT2D eigenvalue weighted by Gasteiger charge is 2.16. The van der Waals surface area contributed by atoms with Gasteiger partial charge >= 0.3 is 0 Å². The number of amides is 1. The number of benzene rings is 1. The Bertz CT molecular complexity index is 404. The lowest BCUT2D eigenvalue weighted by atomic mass is 10.1. The molecule has 0 radical (unpaired) electrons. The molecular formula is C12H14BrNO2. The van der Waals surface area contributed by atoms with E-state index in [1.807, 2.05) is 6.07 Å². The fourth-order valence-electron chi connectivity index (χ4n) is 1.31. The summed E-state index contributed by atoms with van der Waals surface area (Å²) < 4.78 is 0.726. The van der Waals surface area contributed by atoms with Gasteiger partial charge in [-0.15, -0.1) is 0 Å². The summed E-state index contributed by atoms with van der Waals surface area (Å²) in [6.45, 7) is 3.48. The molecule has 3 nitrogen and oxygen atoms in total. The molecule has 0 saturated heterocycles. The summed E-state index contributed by atoms with van der Waals surface area (Å²) >= 11 is 3.30. The molecule has 1 amide bonds. The van der Waals surface area contributed by atoms with E-state index in [0.717, 1.165) is 4.47 Å². The summed E-state index contributed by atoms with van der Waals surface area (Å²) in [5, 5.41) is 2.67. The molecule has 1 aromatic rings. The molecule has 16 heavy (non-hydrogen) atoms. The summed E-state index contributed by atoms with van der Waals surface area (Å²) in [6, 6.07) is 6.68. The van der Waals surface area contributed by atoms with E-state index in [9.17, 15) is 9.59 Å². The Morgan fingerprint density at radius 3 is 2.56 bits per heavy atom. The van der Waals surface area contributed by atoms with Gasteiger partial charge in [-0.1, -0.05) is 19.1 Å². The first-order chi connectivity index (χ1) is 7.56. The Labute approximate surface area is 103 Å². The van der Waals surface area contributed by atoms with Crippen molar-refractivity contribution < 1.29 is 9.59 Å². The molecule has 0 spiro atoms. The third-order valence-electron chi connectivity index (χ3n) is 2.30. The maximum Gasteiger partial charge on any atom is 0.252 e. The van der Waals surface area contributed by atoms with E-state index in [2.05, 4.69) is 21.2 Å². The molecule has 0 saturated carbocycles. The number of hydrogen-bond donors (Lipinski definition) is 1. The summed E-state index contributed by atoms with van der Waals surface area (Å²) in [6.07, 6.45) is 0.428. The zero-order chi connectivity index (χ0) is 12.1. The normalized spacial score (nSPS) is 11.9. The van der Waals surface area contributed by atoms with Gasteiger partial charge in [0.25, 0.3) is 5.91 Å². The van der Waals surface area contributed by atoms with Gasteiger partial charge in [-0.25, -0.2) is 0 Å².